The Morgan fingerprint density at radius 2 is 1.67 bits per heavy atom. The molecule has 3 aliphatic carbocycles. The molecule has 45 heavy (non-hydrogen) atoms. The number of rotatable bonds is 5. The molecule has 2 aromatic rings. The number of carbonyl (C=O) groups is 4. The number of imide groups is 2. The Labute approximate surface area is 270 Å². The van der Waals surface area contributed by atoms with Crippen LogP contribution in [0.25, 0.3) is 0 Å². The number of carbonyl (C=O) groups excluding carboxylic acids is 4. The number of hydrogen-bond acceptors (Lipinski definition) is 6. The molecule has 2 saturated heterocycles. The highest BCUT2D eigenvalue weighted by Crippen LogP contribution is 2.67. The van der Waals surface area contributed by atoms with Crippen LogP contribution in [-0.2, 0) is 19.2 Å². The number of phenolic OH excluding ortho intramolecular Hbond substituents is 1. The summed E-state index contributed by atoms with van der Waals surface area (Å²) < 4.78 is 19.5. The van der Waals surface area contributed by atoms with Gasteiger partial charge in [0.05, 0.1) is 24.1 Å². The molecule has 2 aliphatic heterocycles. The summed E-state index contributed by atoms with van der Waals surface area (Å²) in [5.41, 5.74) is 0.899. The number of aromatic hydroxyl groups is 1. The van der Waals surface area contributed by atoms with Crippen molar-refractivity contribution < 1.29 is 33.4 Å². The highest BCUT2D eigenvalue weighted by Gasteiger charge is 2.77. The van der Waals surface area contributed by atoms with E-state index in [-0.39, 0.29) is 60.1 Å². The van der Waals surface area contributed by atoms with Gasteiger partial charge in [0.1, 0.15) is 5.82 Å². The van der Waals surface area contributed by atoms with Crippen molar-refractivity contribution in [2.45, 2.75) is 73.6 Å². The average Bonchev–Trinajstić information content (AvgIpc) is 3.37. The minimum absolute atomic E-state index is 0.0947. The molecule has 0 unspecified atom stereocenters. The van der Waals surface area contributed by atoms with Gasteiger partial charge in [0.25, 0.3) is 11.8 Å². The van der Waals surface area contributed by atoms with Crippen molar-refractivity contribution in [2.24, 2.45) is 17.8 Å². The van der Waals surface area contributed by atoms with Crippen LogP contribution in [0.3, 0.4) is 0 Å². The maximum Gasteiger partial charge on any atom is 0.258 e. The molecule has 0 spiro atoms. The first-order valence-electron chi connectivity index (χ1n) is 15.6. The number of amides is 4. The van der Waals surface area contributed by atoms with E-state index in [1.165, 1.54) is 17.0 Å². The second-order valence-corrected chi connectivity index (χ2v) is 14.0. The number of likely N-dealkylation sites (tertiary alicyclic amines) is 1. The number of hydrogen-bond donors (Lipinski definition) is 1. The van der Waals surface area contributed by atoms with E-state index in [0.717, 1.165) is 49.1 Å². The normalized spacial score (nSPS) is 33.2. The molecular formula is C34H33Cl2FN2O6. The van der Waals surface area contributed by atoms with Crippen LogP contribution in [0.2, 0.25) is 0 Å². The zero-order valence-electron chi connectivity index (χ0n) is 24.7. The molecule has 8 nitrogen and oxygen atoms in total. The first-order valence-corrected chi connectivity index (χ1v) is 16.3. The Bertz CT molecular complexity index is 1640. The minimum Gasteiger partial charge on any atom is -0.504 e. The lowest BCUT2D eigenvalue weighted by molar-refractivity contribution is -0.143. The van der Waals surface area contributed by atoms with Crippen LogP contribution in [-0.4, -0.2) is 56.0 Å². The van der Waals surface area contributed by atoms with Gasteiger partial charge >= 0.3 is 0 Å². The predicted octanol–water partition coefficient (Wildman–Crippen LogP) is 5.83. The van der Waals surface area contributed by atoms with E-state index in [9.17, 15) is 28.7 Å². The first kappa shape index (κ1) is 30.2. The van der Waals surface area contributed by atoms with Gasteiger partial charge in [-0.1, -0.05) is 43.0 Å². The summed E-state index contributed by atoms with van der Waals surface area (Å²) in [5, 5.41) is 11.5. The monoisotopic (exact) mass is 654 g/mol. The van der Waals surface area contributed by atoms with E-state index in [4.69, 9.17) is 27.9 Å². The molecule has 2 aromatic carbocycles. The van der Waals surface area contributed by atoms with Gasteiger partial charge in [-0.25, -0.2) is 9.29 Å². The molecule has 7 rings (SSSR count). The quantitative estimate of drug-likeness (QED) is 0.247. The molecule has 1 N–H and O–H groups in total. The third-order valence-corrected chi connectivity index (χ3v) is 11.9. The molecule has 11 heteroatoms. The standard InChI is InChI=1S/C34H33Cl2FN2O6/c1-2-45-25-10-6-9-23(28(25)40)27-21-15-16-22-26(30(42)38(29(22)41)19-7-4-3-5-8-19)24(21)17-33(35)31(43)39(32(44)34(27,33)36)20-13-11-18(37)12-14-20/h6,9-15,19,22,24,26-27,40H,2-5,7-8,16-17H2,1H3/t22-,24+,26-,27+,33+,34-/m0/s1. The third kappa shape index (κ3) is 4.15. The lowest BCUT2D eigenvalue weighted by atomic mass is 9.56. The highest BCUT2D eigenvalue weighted by molar-refractivity contribution is 6.58. The topological polar surface area (TPSA) is 104 Å². The Kier molecular flexibility index (Phi) is 7.28. The largest absolute Gasteiger partial charge is 0.504 e. The zero-order chi connectivity index (χ0) is 31.8. The van der Waals surface area contributed by atoms with Gasteiger partial charge in [-0.05, 0) is 68.9 Å². The van der Waals surface area contributed by atoms with Crippen molar-refractivity contribution >= 4 is 52.5 Å². The van der Waals surface area contributed by atoms with E-state index in [2.05, 4.69) is 0 Å². The first-order chi connectivity index (χ1) is 21.5. The van der Waals surface area contributed by atoms with Gasteiger partial charge in [0, 0.05) is 17.5 Å². The summed E-state index contributed by atoms with van der Waals surface area (Å²) in [6.07, 6.45) is 6.38. The SMILES string of the molecule is CCOc1cccc([C@H]2C3=CC[C@@H]4C(=O)N(C5CCCCC5)C(=O)[C@@H]4[C@@H]3C[C@@]3(Cl)C(=O)N(c4ccc(F)cc4)C(=O)[C@@]23Cl)c1O. The maximum atomic E-state index is 14.5. The average molecular weight is 656 g/mol. The lowest BCUT2D eigenvalue weighted by Gasteiger charge is -2.50. The Morgan fingerprint density at radius 1 is 0.956 bits per heavy atom. The van der Waals surface area contributed by atoms with Gasteiger partial charge in [-0.2, -0.15) is 0 Å². The van der Waals surface area contributed by atoms with Crippen LogP contribution < -0.4 is 9.64 Å². The van der Waals surface area contributed by atoms with E-state index in [0.29, 0.717) is 5.57 Å². The number of ether oxygens (including phenoxy) is 1. The van der Waals surface area contributed by atoms with Crippen LogP contribution in [0.1, 0.15) is 63.4 Å². The molecule has 0 bridgehead atoms. The second-order valence-electron chi connectivity index (χ2n) is 12.7. The number of para-hydroxylation sites is 1. The predicted molar refractivity (Wildman–Crippen MR) is 165 cm³/mol. The van der Waals surface area contributed by atoms with Gasteiger partial charge in [0.15, 0.2) is 21.2 Å². The van der Waals surface area contributed by atoms with Crippen LogP contribution in [0.15, 0.2) is 54.1 Å². The van der Waals surface area contributed by atoms with Crippen LogP contribution in [0.5, 0.6) is 11.5 Å². The molecular weight excluding hydrogens is 622 g/mol. The smallest absolute Gasteiger partial charge is 0.258 e. The second kappa shape index (κ2) is 10.8. The molecule has 4 amide bonds. The minimum atomic E-state index is -2.13. The number of anilines is 1. The van der Waals surface area contributed by atoms with Gasteiger partial charge in [-0.3, -0.25) is 24.1 Å². The third-order valence-electron chi connectivity index (χ3n) is 10.5. The maximum absolute atomic E-state index is 14.5. The van der Waals surface area contributed by atoms with E-state index in [1.54, 1.807) is 25.1 Å². The van der Waals surface area contributed by atoms with Crippen molar-refractivity contribution in [1.82, 2.24) is 4.90 Å². The van der Waals surface area contributed by atoms with Crippen LogP contribution in [0.4, 0.5) is 10.1 Å². The highest BCUT2D eigenvalue weighted by atomic mass is 35.5. The molecule has 0 aromatic heterocycles. The van der Waals surface area contributed by atoms with Gasteiger partial charge in [0.2, 0.25) is 11.8 Å². The Morgan fingerprint density at radius 3 is 2.36 bits per heavy atom. The van der Waals surface area contributed by atoms with Crippen molar-refractivity contribution in [2.75, 3.05) is 11.5 Å². The van der Waals surface area contributed by atoms with E-state index in [1.807, 2.05) is 6.08 Å². The number of halogens is 3. The number of nitrogens with zero attached hydrogens (tertiary/aromatic N) is 2. The summed E-state index contributed by atoms with van der Waals surface area (Å²) in [6, 6.07) is 9.53. The fourth-order valence-corrected chi connectivity index (χ4v) is 9.44. The number of phenols is 1. The van der Waals surface area contributed by atoms with E-state index >= 15 is 0 Å². The summed E-state index contributed by atoms with van der Waals surface area (Å²) in [5.74, 6) is -6.04. The van der Waals surface area contributed by atoms with E-state index < -0.39 is 51.1 Å². The summed E-state index contributed by atoms with van der Waals surface area (Å²) in [6.45, 7) is 2.02. The molecule has 2 saturated carbocycles. The van der Waals surface area contributed by atoms with Gasteiger partial charge < -0.3 is 9.84 Å². The van der Waals surface area contributed by atoms with Crippen molar-refractivity contribution in [1.29, 1.82) is 0 Å². The lowest BCUT2D eigenvalue weighted by Crippen LogP contribution is -2.60. The number of allylic oxidation sites excluding steroid dienone is 2. The number of benzene rings is 2. The fourth-order valence-electron chi connectivity index (χ4n) is 8.51. The summed E-state index contributed by atoms with van der Waals surface area (Å²) in [7, 11) is 0. The number of alkyl halides is 2. The number of fused-ring (bicyclic) bond motifs is 4. The molecule has 0 radical (unpaired) electrons. The summed E-state index contributed by atoms with van der Waals surface area (Å²) in [4.78, 5) is 55.0. The fraction of sp³-hybridized carbons (Fsp3) is 0.471. The van der Waals surface area contributed by atoms with Crippen LogP contribution in [0, 0.1) is 23.6 Å². The zero-order valence-corrected chi connectivity index (χ0v) is 26.2. The summed E-state index contributed by atoms with van der Waals surface area (Å²) >= 11 is 14.8. The Balaban J connectivity index is 1.40. The molecule has 6 atom stereocenters. The van der Waals surface area contributed by atoms with Crippen LogP contribution >= 0.6 is 23.2 Å². The molecule has 4 fully saturated rings. The van der Waals surface area contributed by atoms with Gasteiger partial charge in [-0.15, -0.1) is 23.2 Å². The Hall–Kier alpha value is -3.43. The van der Waals surface area contributed by atoms with Crippen molar-refractivity contribution in [3.63, 3.8) is 0 Å². The van der Waals surface area contributed by atoms with Crippen molar-refractivity contribution in [3.8, 4) is 11.5 Å². The molecule has 2 heterocycles. The van der Waals surface area contributed by atoms with Crippen molar-refractivity contribution in [3.05, 3.63) is 65.5 Å². The molecule has 5 aliphatic rings. The molecule has 236 valence electrons.